The number of hydrogen-bond acceptors (Lipinski definition) is 3. The number of rotatable bonds is 5. The molecule has 0 bridgehead atoms. The summed E-state index contributed by atoms with van der Waals surface area (Å²) in [7, 11) is 1.83. The maximum absolute atomic E-state index is 13.7. The van der Waals surface area contributed by atoms with Crippen molar-refractivity contribution >= 4 is 11.8 Å². The number of halogens is 1. The standard InChI is InChI=1S/C12H18FNOS/c1-8(15)9(2)16-12-5-4-10(7-14-3)6-11(12)13/h4-6,8-9,14-15H,7H2,1-3H3. The van der Waals surface area contributed by atoms with Crippen LogP contribution < -0.4 is 5.32 Å². The second kappa shape index (κ2) is 6.23. The molecule has 0 aromatic heterocycles. The van der Waals surface area contributed by atoms with E-state index in [2.05, 4.69) is 5.32 Å². The zero-order valence-corrected chi connectivity index (χ0v) is 10.6. The Hall–Kier alpha value is -0.580. The lowest BCUT2D eigenvalue weighted by molar-refractivity contribution is 0.196. The summed E-state index contributed by atoms with van der Waals surface area (Å²) in [5, 5.41) is 12.3. The lowest BCUT2D eigenvalue weighted by Gasteiger charge is -2.14. The number of nitrogens with one attached hydrogen (secondary N) is 1. The van der Waals surface area contributed by atoms with Gasteiger partial charge in [0.05, 0.1) is 6.10 Å². The molecule has 1 aromatic rings. The van der Waals surface area contributed by atoms with E-state index in [1.165, 1.54) is 17.8 Å². The van der Waals surface area contributed by atoms with Gasteiger partial charge in [0.1, 0.15) is 5.82 Å². The fourth-order valence-electron chi connectivity index (χ4n) is 1.25. The van der Waals surface area contributed by atoms with Gasteiger partial charge in [-0.05, 0) is 31.7 Å². The van der Waals surface area contributed by atoms with Gasteiger partial charge in [-0.1, -0.05) is 13.0 Å². The molecule has 90 valence electrons. The number of thioether (sulfide) groups is 1. The Labute approximate surface area is 100 Å². The van der Waals surface area contributed by atoms with Crippen molar-refractivity contribution in [1.82, 2.24) is 5.32 Å². The summed E-state index contributed by atoms with van der Waals surface area (Å²) in [6.45, 7) is 4.26. The molecule has 1 rings (SSSR count). The molecule has 0 aliphatic carbocycles. The van der Waals surface area contributed by atoms with Crippen LogP contribution in [-0.2, 0) is 6.54 Å². The summed E-state index contributed by atoms with van der Waals surface area (Å²) >= 11 is 1.36. The van der Waals surface area contributed by atoms with Crippen molar-refractivity contribution in [2.45, 2.75) is 36.6 Å². The fourth-order valence-corrected chi connectivity index (χ4v) is 2.17. The summed E-state index contributed by atoms with van der Waals surface area (Å²) in [6.07, 6.45) is -0.443. The zero-order chi connectivity index (χ0) is 12.1. The Bertz CT molecular complexity index is 344. The first-order valence-electron chi connectivity index (χ1n) is 5.32. The van der Waals surface area contributed by atoms with Crippen molar-refractivity contribution in [3.8, 4) is 0 Å². The van der Waals surface area contributed by atoms with Crippen LogP contribution in [0.3, 0.4) is 0 Å². The predicted octanol–water partition coefficient (Wildman–Crippen LogP) is 2.41. The second-order valence-corrected chi connectivity index (χ2v) is 5.28. The number of hydrogen-bond donors (Lipinski definition) is 2. The van der Waals surface area contributed by atoms with E-state index in [0.717, 1.165) is 5.56 Å². The minimum Gasteiger partial charge on any atom is -0.392 e. The lowest BCUT2D eigenvalue weighted by Crippen LogP contribution is -2.15. The van der Waals surface area contributed by atoms with Gasteiger partial charge in [0.15, 0.2) is 0 Å². The van der Waals surface area contributed by atoms with Crippen molar-refractivity contribution in [1.29, 1.82) is 0 Å². The van der Waals surface area contributed by atoms with Gasteiger partial charge in [-0.3, -0.25) is 0 Å². The molecule has 0 saturated carbocycles. The molecule has 0 aliphatic heterocycles. The van der Waals surface area contributed by atoms with E-state index < -0.39 is 6.10 Å². The molecule has 0 amide bonds. The minimum atomic E-state index is -0.443. The third kappa shape index (κ3) is 3.77. The monoisotopic (exact) mass is 243 g/mol. The molecule has 0 heterocycles. The van der Waals surface area contributed by atoms with Gasteiger partial charge in [-0.25, -0.2) is 4.39 Å². The van der Waals surface area contributed by atoms with Gasteiger partial charge in [0, 0.05) is 16.7 Å². The summed E-state index contributed by atoms with van der Waals surface area (Å²) in [4.78, 5) is 0.591. The molecule has 4 heteroatoms. The molecule has 2 N–H and O–H groups in total. The van der Waals surface area contributed by atoms with Gasteiger partial charge in [0.25, 0.3) is 0 Å². The third-order valence-corrected chi connectivity index (χ3v) is 3.72. The van der Waals surface area contributed by atoms with Crippen molar-refractivity contribution in [2.75, 3.05) is 7.05 Å². The first-order valence-corrected chi connectivity index (χ1v) is 6.20. The van der Waals surface area contributed by atoms with E-state index >= 15 is 0 Å². The van der Waals surface area contributed by atoms with E-state index in [1.54, 1.807) is 13.0 Å². The van der Waals surface area contributed by atoms with Crippen LogP contribution >= 0.6 is 11.8 Å². The Morgan fingerprint density at radius 2 is 2.12 bits per heavy atom. The number of aliphatic hydroxyl groups excluding tert-OH is 1. The summed E-state index contributed by atoms with van der Waals surface area (Å²) in [6, 6.07) is 5.20. The number of benzene rings is 1. The van der Waals surface area contributed by atoms with E-state index in [1.807, 2.05) is 20.0 Å². The zero-order valence-electron chi connectivity index (χ0n) is 9.83. The van der Waals surface area contributed by atoms with Crippen LogP contribution in [0.1, 0.15) is 19.4 Å². The summed E-state index contributed by atoms with van der Waals surface area (Å²) in [5.41, 5.74) is 0.925. The highest BCUT2D eigenvalue weighted by Crippen LogP contribution is 2.28. The molecule has 2 nitrogen and oxygen atoms in total. The maximum atomic E-state index is 13.7. The minimum absolute atomic E-state index is 0.00958. The lowest BCUT2D eigenvalue weighted by atomic mass is 10.2. The first kappa shape index (κ1) is 13.5. The van der Waals surface area contributed by atoms with Crippen LogP contribution in [0.25, 0.3) is 0 Å². The quantitative estimate of drug-likeness (QED) is 0.779. The Morgan fingerprint density at radius 1 is 1.44 bits per heavy atom. The molecule has 0 radical (unpaired) electrons. The predicted molar refractivity (Wildman–Crippen MR) is 66.2 cm³/mol. The van der Waals surface area contributed by atoms with Crippen molar-refractivity contribution < 1.29 is 9.50 Å². The van der Waals surface area contributed by atoms with Crippen LogP contribution in [0.5, 0.6) is 0 Å². The molecule has 0 fully saturated rings. The smallest absolute Gasteiger partial charge is 0.137 e. The van der Waals surface area contributed by atoms with Crippen LogP contribution in [-0.4, -0.2) is 23.5 Å². The van der Waals surface area contributed by atoms with Crippen LogP contribution in [0.4, 0.5) is 4.39 Å². The maximum Gasteiger partial charge on any atom is 0.137 e. The van der Waals surface area contributed by atoms with Crippen molar-refractivity contribution in [3.05, 3.63) is 29.6 Å². The first-order chi connectivity index (χ1) is 7.54. The van der Waals surface area contributed by atoms with Crippen LogP contribution in [0.2, 0.25) is 0 Å². The molecular weight excluding hydrogens is 225 g/mol. The SMILES string of the molecule is CNCc1ccc(SC(C)C(C)O)c(F)c1. The van der Waals surface area contributed by atoms with Crippen LogP contribution in [0.15, 0.2) is 23.1 Å². The van der Waals surface area contributed by atoms with E-state index in [4.69, 9.17) is 0 Å². The molecule has 2 unspecified atom stereocenters. The summed E-state index contributed by atoms with van der Waals surface area (Å²) in [5.74, 6) is -0.217. The average molecular weight is 243 g/mol. The van der Waals surface area contributed by atoms with Crippen molar-refractivity contribution in [2.24, 2.45) is 0 Å². The topological polar surface area (TPSA) is 32.3 Å². The highest BCUT2D eigenvalue weighted by Gasteiger charge is 2.13. The van der Waals surface area contributed by atoms with Gasteiger partial charge in [0.2, 0.25) is 0 Å². The summed E-state index contributed by atoms with van der Waals surface area (Å²) < 4.78 is 13.7. The molecule has 0 spiro atoms. The second-order valence-electron chi connectivity index (χ2n) is 3.86. The molecular formula is C12H18FNOS. The molecule has 2 atom stereocenters. The van der Waals surface area contributed by atoms with E-state index in [9.17, 15) is 9.50 Å². The average Bonchev–Trinajstić information content (AvgIpc) is 2.22. The Balaban J connectivity index is 2.75. The molecule has 0 aliphatic rings. The van der Waals surface area contributed by atoms with Gasteiger partial charge in [-0.15, -0.1) is 11.8 Å². The van der Waals surface area contributed by atoms with Gasteiger partial charge in [-0.2, -0.15) is 0 Å². The van der Waals surface area contributed by atoms with Gasteiger partial charge < -0.3 is 10.4 Å². The Kier molecular flexibility index (Phi) is 5.25. The highest BCUT2D eigenvalue weighted by atomic mass is 32.2. The van der Waals surface area contributed by atoms with E-state index in [-0.39, 0.29) is 11.1 Å². The normalized spacial score (nSPS) is 14.8. The van der Waals surface area contributed by atoms with Crippen LogP contribution in [0, 0.1) is 5.82 Å². The highest BCUT2D eigenvalue weighted by molar-refractivity contribution is 8.00. The van der Waals surface area contributed by atoms with Gasteiger partial charge >= 0.3 is 0 Å². The largest absolute Gasteiger partial charge is 0.392 e. The molecule has 0 saturated heterocycles. The molecule has 16 heavy (non-hydrogen) atoms. The fraction of sp³-hybridized carbons (Fsp3) is 0.500. The van der Waals surface area contributed by atoms with E-state index in [0.29, 0.717) is 11.4 Å². The molecule has 1 aromatic carbocycles. The van der Waals surface area contributed by atoms with Crippen molar-refractivity contribution in [3.63, 3.8) is 0 Å². The third-order valence-electron chi connectivity index (χ3n) is 2.37. The number of aliphatic hydroxyl groups is 1. The Morgan fingerprint density at radius 3 is 2.62 bits per heavy atom.